The lowest BCUT2D eigenvalue weighted by Crippen LogP contribution is -2.48. The van der Waals surface area contributed by atoms with E-state index in [0.717, 1.165) is 25.8 Å². The molecule has 0 radical (unpaired) electrons. The Morgan fingerprint density at radius 1 is 1.30 bits per heavy atom. The summed E-state index contributed by atoms with van der Waals surface area (Å²) in [6, 6.07) is 0. The molecule has 1 aliphatic heterocycles. The van der Waals surface area contributed by atoms with Crippen molar-refractivity contribution in [3.05, 3.63) is 26.7 Å². The Balaban J connectivity index is 1.54. The number of fused-ring (bicyclic) bond motifs is 1. The van der Waals surface area contributed by atoms with Crippen LogP contribution in [-0.4, -0.2) is 52.9 Å². The van der Waals surface area contributed by atoms with Crippen LogP contribution in [0.5, 0.6) is 0 Å². The van der Waals surface area contributed by atoms with Gasteiger partial charge in [-0.15, -0.1) is 11.8 Å². The van der Waals surface area contributed by atoms with Crippen LogP contribution in [0.1, 0.15) is 31.5 Å². The molecule has 0 amide bonds. The highest BCUT2D eigenvalue weighted by atomic mass is 32.2. The lowest BCUT2D eigenvalue weighted by atomic mass is 9.85. The van der Waals surface area contributed by atoms with Crippen molar-refractivity contribution >= 4 is 29.6 Å². The Kier molecular flexibility index (Phi) is 5.73. The minimum Gasteiger partial charge on any atom is -0.314 e. The van der Waals surface area contributed by atoms with Gasteiger partial charge >= 0.3 is 0 Å². The van der Waals surface area contributed by atoms with E-state index < -0.39 is 12.3 Å². The average molecular weight is 394 g/mol. The fourth-order valence-corrected chi connectivity index (χ4v) is 4.65. The third-order valence-electron chi connectivity index (χ3n) is 5.45. The Bertz CT molecular complexity index is 896. The van der Waals surface area contributed by atoms with Crippen molar-refractivity contribution in [1.29, 1.82) is 0 Å². The number of piperidine rings is 1. The Labute approximate surface area is 160 Å². The van der Waals surface area contributed by atoms with Gasteiger partial charge in [-0.1, -0.05) is 6.42 Å². The van der Waals surface area contributed by atoms with Crippen molar-refractivity contribution in [2.45, 2.75) is 49.0 Å². The Morgan fingerprint density at radius 2 is 2.15 bits per heavy atom. The van der Waals surface area contributed by atoms with E-state index in [-0.39, 0.29) is 16.0 Å². The van der Waals surface area contributed by atoms with E-state index in [2.05, 4.69) is 20.3 Å². The summed E-state index contributed by atoms with van der Waals surface area (Å²) in [7, 11) is 0. The van der Waals surface area contributed by atoms with Crippen LogP contribution < -0.4 is 21.4 Å². The predicted molar refractivity (Wildman–Crippen MR) is 105 cm³/mol. The molecule has 2 aliphatic carbocycles. The number of nitrogens with zero attached hydrogens (tertiary/aromatic N) is 2. The summed E-state index contributed by atoms with van der Waals surface area (Å²) in [4.78, 5) is 23.9. The minimum absolute atomic E-state index is 0.0991. The van der Waals surface area contributed by atoms with Crippen LogP contribution >= 0.6 is 11.8 Å². The summed E-state index contributed by atoms with van der Waals surface area (Å²) in [6.45, 7) is 1.80. The molecule has 2 N–H and O–H groups in total. The lowest BCUT2D eigenvalue weighted by molar-refractivity contribution is 0.275. The maximum Gasteiger partial charge on any atom is 0.258 e. The summed E-state index contributed by atoms with van der Waals surface area (Å²) in [5.41, 5.74) is -0.0112. The molecule has 3 atom stereocenters. The number of aromatic amines is 1. The summed E-state index contributed by atoms with van der Waals surface area (Å²) in [5.74, 6) is 1.47. The van der Waals surface area contributed by atoms with Crippen molar-refractivity contribution in [3.8, 4) is 0 Å². The van der Waals surface area contributed by atoms with Gasteiger partial charge in [-0.3, -0.25) is 9.79 Å². The number of thioether (sulfide) groups is 1. The van der Waals surface area contributed by atoms with E-state index in [1.54, 1.807) is 6.08 Å². The zero-order valence-electron chi connectivity index (χ0n) is 15.1. The van der Waals surface area contributed by atoms with Gasteiger partial charge in [0.15, 0.2) is 6.17 Å². The van der Waals surface area contributed by atoms with E-state index in [1.165, 1.54) is 24.3 Å². The maximum atomic E-state index is 14.4. The molecule has 0 aromatic carbocycles. The van der Waals surface area contributed by atoms with Crippen molar-refractivity contribution in [1.82, 2.24) is 15.3 Å². The second-order valence-corrected chi connectivity index (χ2v) is 8.67. The Hall–Kier alpha value is -1.54. The first-order valence-corrected chi connectivity index (χ1v) is 10.6. The number of halogens is 2. The average Bonchev–Trinajstić information content (AvgIpc) is 2.61. The molecular weight excluding hydrogens is 370 g/mol. The van der Waals surface area contributed by atoms with Gasteiger partial charge in [-0.2, -0.15) is 0 Å². The summed E-state index contributed by atoms with van der Waals surface area (Å²) in [6.07, 6.45) is 4.89. The molecule has 3 aliphatic rings. The van der Waals surface area contributed by atoms with Gasteiger partial charge in [0.1, 0.15) is 12.0 Å². The molecule has 2 heterocycles. The van der Waals surface area contributed by atoms with Crippen molar-refractivity contribution in [2.24, 2.45) is 10.9 Å². The number of hydrogen-bond donors (Lipinski definition) is 2. The van der Waals surface area contributed by atoms with Crippen LogP contribution in [0.4, 0.5) is 8.78 Å². The third-order valence-corrected chi connectivity index (χ3v) is 6.85. The van der Waals surface area contributed by atoms with E-state index in [9.17, 15) is 13.6 Å². The van der Waals surface area contributed by atoms with Gasteiger partial charge in [0, 0.05) is 18.3 Å². The SMILES string of the molecule is O=c1[nH]c(CS[C@H]2CCNC[C@H]2F)nc2c1=CC(F)C(=NCC1CCC1)C=2. The van der Waals surface area contributed by atoms with E-state index >= 15 is 0 Å². The van der Waals surface area contributed by atoms with Crippen LogP contribution in [0.2, 0.25) is 0 Å². The predicted octanol–water partition coefficient (Wildman–Crippen LogP) is 0.857. The highest BCUT2D eigenvalue weighted by Gasteiger charge is 2.25. The third kappa shape index (κ3) is 4.32. The normalized spacial score (nSPS) is 29.6. The molecule has 1 saturated heterocycles. The number of nitrogens with one attached hydrogen (secondary N) is 2. The summed E-state index contributed by atoms with van der Waals surface area (Å²) >= 11 is 1.47. The molecule has 2 fully saturated rings. The molecule has 27 heavy (non-hydrogen) atoms. The van der Waals surface area contributed by atoms with E-state index in [0.29, 0.717) is 41.6 Å². The summed E-state index contributed by atoms with van der Waals surface area (Å²) in [5, 5.41) is 3.64. The van der Waals surface area contributed by atoms with Gasteiger partial charge in [-0.25, -0.2) is 13.8 Å². The molecule has 1 aromatic heterocycles. The fraction of sp³-hybridized carbons (Fsp3) is 0.632. The zero-order valence-corrected chi connectivity index (χ0v) is 15.9. The quantitative estimate of drug-likeness (QED) is 0.777. The molecule has 4 rings (SSSR count). The minimum atomic E-state index is -1.37. The number of H-pyrrole nitrogens is 1. The topological polar surface area (TPSA) is 70.1 Å². The van der Waals surface area contributed by atoms with Crippen molar-refractivity contribution in [2.75, 3.05) is 19.6 Å². The van der Waals surface area contributed by atoms with Crippen molar-refractivity contribution in [3.63, 3.8) is 0 Å². The number of rotatable bonds is 5. The van der Waals surface area contributed by atoms with Crippen LogP contribution in [0.15, 0.2) is 9.79 Å². The van der Waals surface area contributed by atoms with Crippen LogP contribution in [0.3, 0.4) is 0 Å². The molecule has 1 unspecified atom stereocenters. The van der Waals surface area contributed by atoms with Gasteiger partial charge in [-0.05, 0) is 43.9 Å². The van der Waals surface area contributed by atoms with Crippen molar-refractivity contribution < 1.29 is 8.78 Å². The molecule has 0 bridgehead atoms. The van der Waals surface area contributed by atoms with Gasteiger partial charge in [0.2, 0.25) is 0 Å². The molecule has 8 heteroatoms. The van der Waals surface area contributed by atoms with Gasteiger partial charge in [0.25, 0.3) is 5.56 Å². The molecular formula is C19H24F2N4OS. The van der Waals surface area contributed by atoms with Crippen LogP contribution in [0, 0.1) is 5.92 Å². The highest BCUT2D eigenvalue weighted by Crippen LogP contribution is 2.26. The van der Waals surface area contributed by atoms with Gasteiger partial charge in [0.05, 0.1) is 22.0 Å². The number of alkyl halides is 2. The summed E-state index contributed by atoms with van der Waals surface area (Å²) < 4.78 is 28.3. The first-order chi connectivity index (χ1) is 13.1. The molecule has 5 nitrogen and oxygen atoms in total. The number of aliphatic imine (C=N–C) groups is 1. The Morgan fingerprint density at radius 3 is 2.89 bits per heavy atom. The van der Waals surface area contributed by atoms with Crippen LogP contribution in [-0.2, 0) is 5.75 Å². The second-order valence-electron chi connectivity index (χ2n) is 7.45. The maximum absolute atomic E-state index is 14.4. The number of hydrogen-bond acceptors (Lipinski definition) is 5. The monoisotopic (exact) mass is 394 g/mol. The second kappa shape index (κ2) is 8.22. The van der Waals surface area contributed by atoms with Crippen LogP contribution in [0.25, 0.3) is 12.2 Å². The standard InChI is InChI=1S/C19H24F2N4OS/c20-13-6-12-15(7-16(13)23-8-11-2-1-3-11)24-18(25-19(12)26)10-27-17-4-5-22-9-14(17)21/h6-7,11,13-14,17,22H,1-5,8-10H2,(H,24,25,26)/t13?,14-,17+/m1/s1. The smallest absolute Gasteiger partial charge is 0.258 e. The lowest BCUT2D eigenvalue weighted by Gasteiger charge is -2.25. The zero-order chi connectivity index (χ0) is 18.8. The highest BCUT2D eigenvalue weighted by molar-refractivity contribution is 7.99. The van der Waals surface area contributed by atoms with E-state index in [4.69, 9.17) is 0 Å². The van der Waals surface area contributed by atoms with Gasteiger partial charge < -0.3 is 10.3 Å². The van der Waals surface area contributed by atoms with E-state index in [1.807, 2.05) is 0 Å². The molecule has 1 saturated carbocycles. The molecule has 1 aromatic rings. The largest absolute Gasteiger partial charge is 0.314 e. The molecule has 146 valence electrons. The number of aromatic nitrogens is 2. The fourth-order valence-electron chi connectivity index (χ4n) is 3.55. The first kappa shape index (κ1) is 18.8. The molecule has 0 spiro atoms. The first-order valence-electron chi connectivity index (χ1n) is 9.58.